The molecule has 1 fully saturated rings. The SMILES string of the molecule is NNC(CC1CCCC1)c1cc(Cl)ccc1Cl. The van der Waals surface area contributed by atoms with Crippen molar-refractivity contribution in [2.24, 2.45) is 11.8 Å². The summed E-state index contributed by atoms with van der Waals surface area (Å²) in [6, 6.07) is 5.64. The third-order valence-electron chi connectivity index (χ3n) is 3.58. The van der Waals surface area contributed by atoms with Crippen LogP contribution in [0.4, 0.5) is 0 Å². The lowest BCUT2D eigenvalue weighted by atomic mass is 9.94. The Hall–Kier alpha value is -0.280. The maximum atomic E-state index is 6.20. The van der Waals surface area contributed by atoms with Gasteiger partial charge in [-0.2, -0.15) is 0 Å². The molecule has 1 atom stereocenters. The number of hydrazine groups is 1. The van der Waals surface area contributed by atoms with Crippen molar-refractivity contribution in [2.45, 2.75) is 38.1 Å². The van der Waals surface area contributed by atoms with E-state index in [1.165, 1.54) is 25.7 Å². The van der Waals surface area contributed by atoms with E-state index >= 15 is 0 Å². The van der Waals surface area contributed by atoms with Crippen molar-refractivity contribution in [1.29, 1.82) is 0 Å². The molecular weight excluding hydrogens is 255 g/mol. The van der Waals surface area contributed by atoms with Gasteiger partial charge in [-0.3, -0.25) is 11.3 Å². The molecule has 0 amide bonds. The molecule has 1 unspecified atom stereocenters. The molecular formula is C13H18Cl2N2. The summed E-state index contributed by atoms with van der Waals surface area (Å²) < 4.78 is 0. The van der Waals surface area contributed by atoms with E-state index in [4.69, 9.17) is 29.0 Å². The average Bonchev–Trinajstić information content (AvgIpc) is 2.82. The van der Waals surface area contributed by atoms with Gasteiger partial charge < -0.3 is 0 Å². The molecule has 94 valence electrons. The molecule has 0 heterocycles. The van der Waals surface area contributed by atoms with Gasteiger partial charge in [-0.1, -0.05) is 48.9 Å². The van der Waals surface area contributed by atoms with E-state index in [0.29, 0.717) is 5.02 Å². The zero-order valence-electron chi connectivity index (χ0n) is 9.76. The van der Waals surface area contributed by atoms with Crippen molar-refractivity contribution in [3.05, 3.63) is 33.8 Å². The van der Waals surface area contributed by atoms with Crippen molar-refractivity contribution in [3.63, 3.8) is 0 Å². The molecule has 0 aromatic heterocycles. The van der Waals surface area contributed by atoms with Gasteiger partial charge in [0.05, 0.1) is 0 Å². The minimum atomic E-state index is 0.101. The number of halogens is 2. The fourth-order valence-electron chi connectivity index (χ4n) is 2.65. The van der Waals surface area contributed by atoms with E-state index in [-0.39, 0.29) is 6.04 Å². The molecule has 17 heavy (non-hydrogen) atoms. The van der Waals surface area contributed by atoms with E-state index < -0.39 is 0 Å². The van der Waals surface area contributed by atoms with Crippen molar-refractivity contribution in [2.75, 3.05) is 0 Å². The van der Waals surface area contributed by atoms with Gasteiger partial charge in [-0.05, 0) is 36.1 Å². The first-order valence-corrected chi connectivity index (χ1v) is 6.87. The van der Waals surface area contributed by atoms with Crippen LogP contribution in [0.3, 0.4) is 0 Å². The Bertz CT molecular complexity index is 376. The maximum Gasteiger partial charge on any atom is 0.0477 e. The molecule has 3 N–H and O–H groups in total. The molecule has 4 heteroatoms. The van der Waals surface area contributed by atoms with Crippen LogP contribution in [-0.2, 0) is 0 Å². The molecule has 0 aliphatic heterocycles. The Balaban J connectivity index is 2.13. The summed E-state index contributed by atoms with van der Waals surface area (Å²) in [7, 11) is 0. The topological polar surface area (TPSA) is 38.0 Å². The third kappa shape index (κ3) is 3.35. The standard InChI is InChI=1S/C13H18Cl2N2/c14-10-5-6-12(15)11(8-10)13(17-16)7-9-3-1-2-4-9/h5-6,8-9,13,17H,1-4,7,16H2. The number of benzene rings is 1. The Labute approximate surface area is 112 Å². The highest BCUT2D eigenvalue weighted by Gasteiger charge is 2.22. The highest BCUT2D eigenvalue weighted by atomic mass is 35.5. The average molecular weight is 273 g/mol. The summed E-state index contributed by atoms with van der Waals surface area (Å²) in [6.07, 6.45) is 6.32. The van der Waals surface area contributed by atoms with Crippen LogP contribution in [0, 0.1) is 5.92 Å². The maximum absolute atomic E-state index is 6.20. The fraction of sp³-hybridized carbons (Fsp3) is 0.538. The van der Waals surface area contributed by atoms with Crippen LogP contribution in [0.2, 0.25) is 10.0 Å². The summed E-state index contributed by atoms with van der Waals surface area (Å²) in [5.41, 5.74) is 3.88. The Morgan fingerprint density at radius 3 is 2.65 bits per heavy atom. The third-order valence-corrected chi connectivity index (χ3v) is 4.16. The van der Waals surface area contributed by atoms with E-state index in [1.54, 1.807) is 6.07 Å². The highest BCUT2D eigenvalue weighted by Crippen LogP contribution is 2.35. The molecule has 1 aliphatic carbocycles. The molecule has 0 spiro atoms. The van der Waals surface area contributed by atoms with Crippen LogP contribution in [0.15, 0.2) is 18.2 Å². The Morgan fingerprint density at radius 2 is 2.00 bits per heavy atom. The predicted molar refractivity (Wildman–Crippen MR) is 73.1 cm³/mol. The van der Waals surface area contributed by atoms with Crippen LogP contribution in [0.25, 0.3) is 0 Å². The van der Waals surface area contributed by atoms with Gasteiger partial charge in [0.25, 0.3) is 0 Å². The van der Waals surface area contributed by atoms with Crippen LogP contribution in [-0.4, -0.2) is 0 Å². The number of hydrogen-bond acceptors (Lipinski definition) is 2. The smallest absolute Gasteiger partial charge is 0.0477 e. The van der Waals surface area contributed by atoms with Crippen LogP contribution < -0.4 is 11.3 Å². The lowest BCUT2D eigenvalue weighted by Crippen LogP contribution is -2.29. The zero-order chi connectivity index (χ0) is 12.3. The summed E-state index contributed by atoms with van der Waals surface area (Å²) in [4.78, 5) is 0. The van der Waals surface area contributed by atoms with E-state index in [9.17, 15) is 0 Å². The molecule has 0 saturated heterocycles. The highest BCUT2D eigenvalue weighted by molar-refractivity contribution is 6.33. The number of nitrogens with one attached hydrogen (secondary N) is 1. The predicted octanol–water partition coefficient (Wildman–Crippen LogP) is 4.08. The zero-order valence-corrected chi connectivity index (χ0v) is 11.3. The van der Waals surface area contributed by atoms with Crippen molar-refractivity contribution >= 4 is 23.2 Å². The quantitative estimate of drug-likeness (QED) is 0.640. The van der Waals surface area contributed by atoms with Gasteiger partial charge in [0.2, 0.25) is 0 Å². The lowest BCUT2D eigenvalue weighted by molar-refractivity contribution is 0.400. The molecule has 1 aromatic rings. The molecule has 1 saturated carbocycles. The number of hydrogen-bond donors (Lipinski definition) is 2. The fourth-order valence-corrected chi connectivity index (χ4v) is 3.08. The molecule has 2 rings (SSSR count). The van der Waals surface area contributed by atoms with E-state index in [1.807, 2.05) is 12.1 Å². The van der Waals surface area contributed by atoms with Gasteiger partial charge in [0.15, 0.2) is 0 Å². The van der Waals surface area contributed by atoms with Crippen molar-refractivity contribution in [3.8, 4) is 0 Å². The second kappa shape index (κ2) is 6.05. The summed E-state index contributed by atoms with van der Waals surface area (Å²) in [6.45, 7) is 0. The van der Waals surface area contributed by atoms with Crippen LogP contribution in [0.1, 0.15) is 43.7 Å². The summed E-state index contributed by atoms with van der Waals surface area (Å²) in [5, 5.41) is 1.44. The van der Waals surface area contributed by atoms with Crippen molar-refractivity contribution < 1.29 is 0 Å². The second-order valence-electron chi connectivity index (χ2n) is 4.77. The van der Waals surface area contributed by atoms with Gasteiger partial charge in [-0.15, -0.1) is 0 Å². The van der Waals surface area contributed by atoms with Gasteiger partial charge in [0, 0.05) is 16.1 Å². The monoisotopic (exact) mass is 272 g/mol. The van der Waals surface area contributed by atoms with Crippen molar-refractivity contribution in [1.82, 2.24) is 5.43 Å². The van der Waals surface area contributed by atoms with Crippen LogP contribution >= 0.6 is 23.2 Å². The second-order valence-corrected chi connectivity index (χ2v) is 5.61. The van der Waals surface area contributed by atoms with E-state index in [2.05, 4.69) is 5.43 Å². The number of nitrogens with two attached hydrogens (primary N) is 1. The summed E-state index contributed by atoms with van der Waals surface area (Å²) >= 11 is 12.2. The van der Waals surface area contributed by atoms with E-state index in [0.717, 1.165) is 22.9 Å². The van der Waals surface area contributed by atoms with Crippen LogP contribution in [0.5, 0.6) is 0 Å². The van der Waals surface area contributed by atoms with Gasteiger partial charge in [-0.25, -0.2) is 0 Å². The largest absolute Gasteiger partial charge is 0.271 e. The number of rotatable bonds is 4. The minimum Gasteiger partial charge on any atom is -0.271 e. The molecule has 0 bridgehead atoms. The molecule has 1 aromatic carbocycles. The Morgan fingerprint density at radius 1 is 1.29 bits per heavy atom. The summed E-state index contributed by atoms with van der Waals surface area (Å²) in [5.74, 6) is 6.41. The first-order chi connectivity index (χ1) is 8.20. The lowest BCUT2D eigenvalue weighted by Gasteiger charge is -2.21. The normalized spacial score (nSPS) is 18.5. The van der Waals surface area contributed by atoms with Gasteiger partial charge >= 0.3 is 0 Å². The molecule has 2 nitrogen and oxygen atoms in total. The Kier molecular flexibility index (Phi) is 4.69. The minimum absolute atomic E-state index is 0.101. The van der Waals surface area contributed by atoms with Gasteiger partial charge in [0.1, 0.15) is 0 Å². The first-order valence-electron chi connectivity index (χ1n) is 6.12. The first kappa shape index (κ1) is 13.2. The molecule has 1 aliphatic rings. The molecule has 0 radical (unpaired) electrons.